The van der Waals surface area contributed by atoms with Crippen molar-refractivity contribution in [2.75, 3.05) is 7.05 Å². The van der Waals surface area contributed by atoms with E-state index in [1.807, 2.05) is 6.07 Å². The van der Waals surface area contributed by atoms with E-state index >= 15 is 0 Å². The van der Waals surface area contributed by atoms with Gasteiger partial charge in [-0.15, -0.1) is 0 Å². The first-order chi connectivity index (χ1) is 9.88. The van der Waals surface area contributed by atoms with Crippen LogP contribution in [0.5, 0.6) is 0 Å². The molecule has 1 amide bonds. The fraction of sp³-hybridized carbons (Fsp3) is 0.188. The molecule has 108 valence electrons. The molecule has 0 fully saturated rings. The van der Waals surface area contributed by atoms with E-state index in [1.54, 1.807) is 24.1 Å². The molecule has 0 spiro atoms. The summed E-state index contributed by atoms with van der Waals surface area (Å²) in [7, 11) is 1.71. The number of alkyl halides is 3. The topological polar surface area (TPSA) is 20.3 Å². The fourth-order valence-electron chi connectivity index (χ4n) is 2.58. The van der Waals surface area contributed by atoms with Gasteiger partial charge in [0.2, 0.25) is 0 Å². The zero-order chi connectivity index (χ0) is 15.2. The van der Waals surface area contributed by atoms with Crippen molar-refractivity contribution >= 4 is 5.91 Å². The highest BCUT2D eigenvalue weighted by atomic mass is 19.4. The molecule has 1 heterocycles. The lowest BCUT2D eigenvalue weighted by atomic mass is 9.96. The lowest BCUT2D eigenvalue weighted by molar-refractivity contribution is -0.137. The Morgan fingerprint density at radius 3 is 2.24 bits per heavy atom. The number of hydrogen-bond acceptors (Lipinski definition) is 1. The van der Waals surface area contributed by atoms with Crippen LogP contribution in [-0.4, -0.2) is 17.9 Å². The van der Waals surface area contributed by atoms with Crippen LogP contribution in [0.3, 0.4) is 0 Å². The van der Waals surface area contributed by atoms with Gasteiger partial charge in [-0.3, -0.25) is 4.79 Å². The summed E-state index contributed by atoms with van der Waals surface area (Å²) in [5.41, 5.74) is 2.30. The monoisotopic (exact) mass is 291 g/mol. The molecule has 0 saturated heterocycles. The number of amides is 1. The first-order valence-corrected chi connectivity index (χ1v) is 6.43. The Bertz CT molecular complexity index is 704. The van der Waals surface area contributed by atoms with Gasteiger partial charge in [0, 0.05) is 19.2 Å². The molecular weight excluding hydrogens is 279 g/mol. The largest absolute Gasteiger partial charge is 0.416 e. The van der Waals surface area contributed by atoms with Gasteiger partial charge in [0.25, 0.3) is 5.91 Å². The Labute approximate surface area is 119 Å². The Balaban J connectivity index is 2.05. The number of hydrogen-bond donors (Lipinski definition) is 0. The molecule has 3 rings (SSSR count). The zero-order valence-electron chi connectivity index (χ0n) is 11.2. The van der Waals surface area contributed by atoms with Crippen molar-refractivity contribution in [1.82, 2.24) is 4.90 Å². The molecule has 0 saturated carbocycles. The third-order valence-corrected chi connectivity index (χ3v) is 3.67. The van der Waals surface area contributed by atoms with Crippen LogP contribution in [0.25, 0.3) is 11.1 Å². The van der Waals surface area contributed by atoms with Gasteiger partial charge in [-0.05, 0) is 34.9 Å². The summed E-state index contributed by atoms with van der Waals surface area (Å²) in [4.78, 5) is 13.5. The Morgan fingerprint density at radius 1 is 1.00 bits per heavy atom. The molecule has 0 aromatic heterocycles. The number of benzene rings is 2. The minimum absolute atomic E-state index is 0.0567. The van der Waals surface area contributed by atoms with Gasteiger partial charge >= 0.3 is 6.18 Å². The lowest BCUT2D eigenvalue weighted by Gasteiger charge is -2.10. The maximum absolute atomic E-state index is 12.6. The molecule has 0 aliphatic carbocycles. The van der Waals surface area contributed by atoms with Crippen molar-refractivity contribution in [3.63, 3.8) is 0 Å². The maximum atomic E-state index is 12.6. The van der Waals surface area contributed by atoms with Crippen LogP contribution in [0.2, 0.25) is 0 Å². The summed E-state index contributed by atoms with van der Waals surface area (Å²) in [5.74, 6) is -0.0567. The van der Waals surface area contributed by atoms with Crippen molar-refractivity contribution in [3.8, 4) is 11.1 Å². The highest BCUT2D eigenvalue weighted by Gasteiger charge is 2.30. The zero-order valence-corrected chi connectivity index (χ0v) is 11.2. The molecule has 0 bridgehead atoms. The first-order valence-electron chi connectivity index (χ1n) is 6.43. The number of carbonyl (C=O) groups is 1. The average Bonchev–Trinajstić information content (AvgIpc) is 2.74. The highest BCUT2D eigenvalue weighted by molar-refractivity contribution is 6.00. The van der Waals surface area contributed by atoms with Crippen molar-refractivity contribution in [3.05, 3.63) is 59.2 Å². The van der Waals surface area contributed by atoms with Crippen LogP contribution in [0.4, 0.5) is 13.2 Å². The molecule has 0 radical (unpaired) electrons. The summed E-state index contributed by atoms with van der Waals surface area (Å²) in [6.45, 7) is 0.478. The van der Waals surface area contributed by atoms with E-state index in [9.17, 15) is 18.0 Å². The number of rotatable bonds is 1. The van der Waals surface area contributed by atoms with E-state index in [1.165, 1.54) is 12.1 Å². The Hall–Kier alpha value is -2.30. The lowest BCUT2D eigenvalue weighted by Crippen LogP contribution is -2.17. The maximum Gasteiger partial charge on any atom is 0.416 e. The summed E-state index contributed by atoms with van der Waals surface area (Å²) in [5, 5.41) is 0. The van der Waals surface area contributed by atoms with Crippen LogP contribution < -0.4 is 0 Å². The van der Waals surface area contributed by atoms with Crippen molar-refractivity contribution < 1.29 is 18.0 Å². The number of halogens is 3. The predicted molar refractivity (Wildman–Crippen MR) is 72.7 cm³/mol. The normalized spacial score (nSPS) is 14.5. The molecular formula is C16H12F3NO. The van der Waals surface area contributed by atoms with Crippen molar-refractivity contribution in [2.24, 2.45) is 0 Å². The van der Waals surface area contributed by atoms with Crippen molar-refractivity contribution in [1.29, 1.82) is 0 Å². The van der Waals surface area contributed by atoms with Gasteiger partial charge in [0.1, 0.15) is 0 Å². The molecule has 1 aliphatic rings. The van der Waals surface area contributed by atoms with Crippen LogP contribution in [0.15, 0.2) is 42.5 Å². The average molecular weight is 291 g/mol. The minimum Gasteiger partial charge on any atom is -0.337 e. The van der Waals surface area contributed by atoms with E-state index in [0.29, 0.717) is 17.7 Å². The SMILES string of the molecule is CN1Cc2c(cccc2-c2ccc(C(F)(F)F)cc2)C1=O. The smallest absolute Gasteiger partial charge is 0.337 e. The molecule has 5 heteroatoms. The van der Waals surface area contributed by atoms with E-state index < -0.39 is 11.7 Å². The van der Waals surface area contributed by atoms with Crippen LogP contribution >= 0.6 is 0 Å². The summed E-state index contributed by atoms with van der Waals surface area (Å²) in [6.07, 6.45) is -4.34. The van der Waals surface area contributed by atoms with Gasteiger partial charge < -0.3 is 4.90 Å². The third-order valence-electron chi connectivity index (χ3n) is 3.67. The van der Waals surface area contributed by atoms with Gasteiger partial charge in [-0.2, -0.15) is 13.2 Å². The fourth-order valence-corrected chi connectivity index (χ4v) is 2.58. The molecule has 2 aromatic rings. The van der Waals surface area contributed by atoms with Gasteiger partial charge in [-0.1, -0.05) is 24.3 Å². The molecule has 1 aliphatic heterocycles. The second-order valence-corrected chi connectivity index (χ2v) is 5.07. The summed E-state index contributed by atoms with van der Waals surface area (Å²) in [6, 6.07) is 10.3. The summed E-state index contributed by atoms with van der Waals surface area (Å²) < 4.78 is 37.8. The number of carbonyl (C=O) groups excluding carboxylic acids is 1. The first kappa shape index (κ1) is 13.7. The standard InChI is InChI=1S/C16H12F3NO/c1-20-9-14-12(3-2-4-13(14)15(20)21)10-5-7-11(8-6-10)16(17,18)19/h2-8H,9H2,1H3. The van der Waals surface area contributed by atoms with Gasteiger partial charge in [0.15, 0.2) is 0 Å². The summed E-state index contributed by atoms with van der Waals surface area (Å²) >= 11 is 0. The van der Waals surface area contributed by atoms with Gasteiger partial charge in [-0.25, -0.2) is 0 Å². The molecule has 0 N–H and O–H groups in total. The van der Waals surface area contributed by atoms with Crippen LogP contribution in [0, 0.1) is 0 Å². The second kappa shape index (κ2) is 4.62. The van der Waals surface area contributed by atoms with Crippen LogP contribution in [-0.2, 0) is 12.7 Å². The predicted octanol–water partition coefficient (Wildman–Crippen LogP) is 3.96. The highest BCUT2D eigenvalue weighted by Crippen LogP contribution is 2.34. The molecule has 21 heavy (non-hydrogen) atoms. The molecule has 2 aromatic carbocycles. The van der Waals surface area contributed by atoms with Gasteiger partial charge in [0.05, 0.1) is 5.56 Å². The molecule has 2 nitrogen and oxygen atoms in total. The Kier molecular flexibility index (Phi) is 3.01. The van der Waals surface area contributed by atoms with Crippen molar-refractivity contribution in [2.45, 2.75) is 12.7 Å². The third kappa shape index (κ3) is 2.28. The quantitative estimate of drug-likeness (QED) is 0.779. The van der Waals surface area contributed by atoms with E-state index in [4.69, 9.17) is 0 Å². The molecule has 0 atom stereocenters. The Morgan fingerprint density at radius 2 is 1.62 bits per heavy atom. The number of nitrogens with zero attached hydrogens (tertiary/aromatic N) is 1. The van der Waals surface area contributed by atoms with E-state index in [0.717, 1.165) is 23.3 Å². The minimum atomic E-state index is -4.34. The number of fused-ring (bicyclic) bond motifs is 1. The van der Waals surface area contributed by atoms with E-state index in [-0.39, 0.29) is 5.91 Å². The van der Waals surface area contributed by atoms with E-state index in [2.05, 4.69) is 0 Å². The molecule has 0 unspecified atom stereocenters. The van der Waals surface area contributed by atoms with Crippen LogP contribution in [0.1, 0.15) is 21.5 Å². The second-order valence-electron chi connectivity index (χ2n) is 5.07.